The van der Waals surface area contributed by atoms with Gasteiger partial charge < -0.3 is 0 Å². The zero-order valence-electron chi connectivity index (χ0n) is 7.32. The summed E-state index contributed by atoms with van der Waals surface area (Å²) in [6.07, 6.45) is -8.35. The van der Waals surface area contributed by atoms with Gasteiger partial charge in [0, 0.05) is 4.47 Å². The van der Waals surface area contributed by atoms with Crippen LogP contribution in [0.25, 0.3) is 0 Å². The number of halogens is 6. The van der Waals surface area contributed by atoms with Crippen LogP contribution in [0.5, 0.6) is 0 Å². The predicted octanol–water partition coefficient (Wildman–Crippen LogP) is 3.67. The third-order valence-corrected chi connectivity index (χ3v) is 2.23. The highest BCUT2D eigenvalue weighted by atomic mass is 79.9. The first-order valence-electron chi connectivity index (χ1n) is 3.73. The van der Waals surface area contributed by atoms with Crippen molar-refractivity contribution in [3.8, 4) is 6.07 Å². The number of hydrogen-bond donors (Lipinski definition) is 0. The number of rotatable bonds is 1. The van der Waals surface area contributed by atoms with Crippen molar-refractivity contribution in [2.45, 2.75) is 12.6 Å². The average molecular weight is 301 g/mol. The summed E-state index contributed by atoms with van der Waals surface area (Å²) < 4.78 is 61.4. The van der Waals surface area contributed by atoms with Gasteiger partial charge in [-0.1, -0.05) is 15.9 Å². The van der Waals surface area contributed by atoms with E-state index in [1.165, 1.54) is 6.07 Å². The molecule has 86 valence electrons. The Morgan fingerprint density at radius 2 is 1.94 bits per heavy atom. The molecule has 0 amide bonds. The summed E-state index contributed by atoms with van der Waals surface area (Å²) in [7, 11) is 0. The Labute approximate surface area is 94.8 Å². The molecule has 1 heterocycles. The lowest BCUT2D eigenvalue weighted by Gasteiger charge is -2.13. The number of alkyl halides is 5. The lowest BCUT2D eigenvalue weighted by molar-refractivity contribution is -0.140. The zero-order chi connectivity index (χ0) is 12.5. The Morgan fingerprint density at radius 3 is 2.31 bits per heavy atom. The van der Waals surface area contributed by atoms with E-state index in [1.807, 2.05) is 0 Å². The van der Waals surface area contributed by atoms with Gasteiger partial charge in [-0.25, -0.2) is 13.8 Å². The molecular formula is C8H2BrF5N2. The van der Waals surface area contributed by atoms with Crippen LogP contribution in [0.4, 0.5) is 22.0 Å². The molecule has 0 N–H and O–H groups in total. The van der Waals surface area contributed by atoms with Crippen LogP contribution in [0.15, 0.2) is 10.5 Å². The van der Waals surface area contributed by atoms with Gasteiger partial charge in [-0.3, -0.25) is 0 Å². The van der Waals surface area contributed by atoms with Crippen molar-refractivity contribution in [1.29, 1.82) is 5.26 Å². The van der Waals surface area contributed by atoms with Crippen molar-refractivity contribution in [2.24, 2.45) is 0 Å². The second-order valence-electron chi connectivity index (χ2n) is 2.66. The zero-order valence-corrected chi connectivity index (χ0v) is 8.90. The molecule has 0 spiro atoms. The molecule has 16 heavy (non-hydrogen) atoms. The molecule has 0 bridgehead atoms. The van der Waals surface area contributed by atoms with Crippen LogP contribution in [0, 0.1) is 11.3 Å². The molecule has 0 aliphatic rings. The van der Waals surface area contributed by atoms with Crippen LogP contribution in [-0.4, -0.2) is 4.98 Å². The highest BCUT2D eigenvalue weighted by Crippen LogP contribution is 2.40. The molecule has 0 saturated heterocycles. The van der Waals surface area contributed by atoms with E-state index in [-0.39, 0.29) is 0 Å². The summed E-state index contributed by atoms with van der Waals surface area (Å²) in [6.45, 7) is 0. The lowest BCUT2D eigenvalue weighted by Crippen LogP contribution is -2.13. The maximum atomic E-state index is 12.4. The molecular weight excluding hydrogens is 299 g/mol. The quantitative estimate of drug-likeness (QED) is 0.742. The van der Waals surface area contributed by atoms with Crippen LogP contribution < -0.4 is 0 Å². The summed E-state index contributed by atoms with van der Waals surface area (Å²) in [5.74, 6) is 0. The summed E-state index contributed by atoms with van der Waals surface area (Å²) in [5.41, 5.74) is -3.50. The van der Waals surface area contributed by atoms with Crippen LogP contribution >= 0.6 is 15.9 Å². The van der Waals surface area contributed by atoms with Crippen molar-refractivity contribution in [2.75, 3.05) is 0 Å². The number of nitrogens with zero attached hydrogens (tertiary/aromatic N) is 2. The van der Waals surface area contributed by atoms with Crippen LogP contribution in [-0.2, 0) is 6.18 Å². The number of pyridine rings is 1. The van der Waals surface area contributed by atoms with E-state index >= 15 is 0 Å². The monoisotopic (exact) mass is 300 g/mol. The molecule has 1 aromatic heterocycles. The van der Waals surface area contributed by atoms with Crippen molar-refractivity contribution in [3.05, 3.63) is 27.5 Å². The van der Waals surface area contributed by atoms with Crippen molar-refractivity contribution >= 4 is 15.9 Å². The van der Waals surface area contributed by atoms with E-state index in [0.717, 1.165) is 6.07 Å². The van der Waals surface area contributed by atoms with Gasteiger partial charge in [0.1, 0.15) is 17.5 Å². The fraction of sp³-hybridized carbons (Fsp3) is 0.250. The van der Waals surface area contributed by atoms with Crippen LogP contribution in [0.1, 0.15) is 23.4 Å². The van der Waals surface area contributed by atoms with E-state index in [2.05, 4.69) is 20.9 Å². The molecule has 0 aromatic carbocycles. The molecule has 0 atom stereocenters. The molecule has 0 aliphatic heterocycles. The standard InChI is InChI=1S/C8H2BrF5N2/c9-4-1-3(2-15)16-6(7(10)11)5(4)8(12,13)14/h1,7H. The molecule has 0 fully saturated rings. The van der Waals surface area contributed by atoms with E-state index in [0.29, 0.717) is 0 Å². The molecule has 1 rings (SSSR count). The summed E-state index contributed by atoms with van der Waals surface area (Å²) >= 11 is 2.50. The maximum absolute atomic E-state index is 12.4. The normalized spacial score (nSPS) is 11.6. The predicted molar refractivity (Wildman–Crippen MR) is 46.6 cm³/mol. The molecule has 0 aliphatic carbocycles. The first kappa shape index (κ1) is 12.8. The van der Waals surface area contributed by atoms with Crippen molar-refractivity contribution in [1.82, 2.24) is 4.98 Å². The minimum atomic E-state index is -4.95. The van der Waals surface area contributed by atoms with Crippen molar-refractivity contribution < 1.29 is 22.0 Å². The van der Waals surface area contributed by atoms with E-state index in [4.69, 9.17) is 5.26 Å². The topological polar surface area (TPSA) is 36.7 Å². The number of aromatic nitrogens is 1. The third-order valence-electron chi connectivity index (χ3n) is 1.60. The van der Waals surface area contributed by atoms with E-state index in [1.54, 1.807) is 0 Å². The lowest BCUT2D eigenvalue weighted by atomic mass is 10.1. The molecule has 0 unspecified atom stereocenters. The van der Waals surface area contributed by atoms with Crippen LogP contribution in [0.2, 0.25) is 0 Å². The Hall–Kier alpha value is -1.23. The minimum absolute atomic E-state index is 0.504. The second kappa shape index (κ2) is 4.33. The fourth-order valence-corrected chi connectivity index (χ4v) is 1.67. The van der Waals surface area contributed by atoms with Gasteiger partial charge in [-0.15, -0.1) is 0 Å². The van der Waals surface area contributed by atoms with Gasteiger partial charge in [0.25, 0.3) is 6.43 Å². The average Bonchev–Trinajstić information content (AvgIpc) is 2.14. The Kier molecular flexibility index (Phi) is 3.48. The van der Waals surface area contributed by atoms with Gasteiger partial charge in [0.2, 0.25) is 0 Å². The minimum Gasteiger partial charge on any atom is -0.235 e. The van der Waals surface area contributed by atoms with Crippen molar-refractivity contribution in [3.63, 3.8) is 0 Å². The Bertz CT molecular complexity index is 449. The first-order valence-corrected chi connectivity index (χ1v) is 4.52. The largest absolute Gasteiger partial charge is 0.419 e. The summed E-state index contributed by atoms with van der Waals surface area (Å²) in [6, 6.07) is 2.14. The molecule has 0 saturated carbocycles. The highest BCUT2D eigenvalue weighted by molar-refractivity contribution is 9.10. The fourth-order valence-electron chi connectivity index (χ4n) is 1.03. The Morgan fingerprint density at radius 1 is 1.38 bits per heavy atom. The molecule has 0 radical (unpaired) electrons. The smallest absolute Gasteiger partial charge is 0.235 e. The van der Waals surface area contributed by atoms with E-state index in [9.17, 15) is 22.0 Å². The van der Waals surface area contributed by atoms with E-state index < -0.39 is 34.0 Å². The van der Waals surface area contributed by atoms with Gasteiger partial charge >= 0.3 is 6.18 Å². The van der Waals surface area contributed by atoms with Gasteiger partial charge in [0.05, 0.1) is 5.56 Å². The van der Waals surface area contributed by atoms with Gasteiger partial charge in [-0.05, 0) is 6.07 Å². The molecule has 2 nitrogen and oxygen atoms in total. The number of hydrogen-bond acceptors (Lipinski definition) is 2. The van der Waals surface area contributed by atoms with Gasteiger partial charge in [-0.2, -0.15) is 18.4 Å². The third kappa shape index (κ3) is 2.47. The highest BCUT2D eigenvalue weighted by Gasteiger charge is 2.39. The maximum Gasteiger partial charge on any atom is 0.419 e. The Balaban J connectivity index is 3.54. The summed E-state index contributed by atoms with van der Waals surface area (Å²) in [4.78, 5) is 2.96. The molecule has 8 heteroatoms. The summed E-state index contributed by atoms with van der Waals surface area (Å²) in [5, 5.41) is 8.40. The SMILES string of the molecule is N#Cc1cc(Br)c(C(F)(F)F)c(C(F)F)n1. The first-order chi connectivity index (χ1) is 7.27. The van der Waals surface area contributed by atoms with Gasteiger partial charge in [0.15, 0.2) is 0 Å². The molecule has 1 aromatic rings. The second-order valence-corrected chi connectivity index (χ2v) is 3.51. The number of nitriles is 1. The van der Waals surface area contributed by atoms with Crippen LogP contribution in [0.3, 0.4) is 0 Å².